The van der Waals surface area contributed by atoms with Crippen LogP contribution in [-0.2, 0) is 45.8 Å². The number of alkyl halides is 6. The van der Waals surface area contributed by atoms with Gasteiger partial charge in [0, 0.05) is 120 Å². The lowest BCUT2D eigenvalue weighted by Gasteiger charge is -2.60. The largest absolute Gasteiger partial charge is 0.496 e. The number of fused-ring (bicyclic) bond motifs is 3. The lowest BCUT2D eigenvalue weighted by atomic mass is 9.56. The Morgan fingerprint density at radius 3 is 1.47 bits per heavy atom. The highest BCUT2D eigenvalue weighted by Gasteiger charge is 2.55. The van der Waals surface area contributed by atoms with Gasteiger partial charge in [-0.25, -0.2) is 27.6 Å². The molecule has 9 saturated heterocycles. The zero-order valence-corrected chi connectivity index (χ0v) is 49.9. The summed E-state index contributed by atoms with van der Waals surface area (Å²) in [6, 6.07) is 9.78. The number of nitrogens with zero attached hydrogens (tertiary/aromatic N) is 6. The van der Waals surface area contributed by atoms with Gasteiger partial charge in [-0.3, -0.25) is 0 Å². The molecule has 0 aromatic heterocycles. The number of rotatable bonds is 9. The minimum absolute atomic E-state index is 0.00501. The Morgan fingerprint density at radius 1 is 0.578 bits per heavy atom. The lowest BCUT2D eigenvalue weighted by molar-refractivity contribution is -0.139. The molecule has 1 saturated carbocycles. The van der Waals surface area contributed by atoms with E-state index in [2.05, 4.69) is 35.7 Å². The molecule has 0 radical (unpaired) electrons. The number of benzene rings is 3. The number of hydrogen-bond donors (Lipinski definition) is 3. The third-order valence-electron chi connectivity index (χ3n) is 19.0. The number of morpholine rings is 3. The van der Waals surface area contributed by atoms with Gasteiger partial charge in [-0.1, -0.05) is 37.9 Å². The van der Waals surface area contributed by atoms with Gasteiger partial charge in [0.1, 0.15) is 23.2 Å². The summed E-state index contributed by atoms with van der Waals surface area (Å²) >= 11 is 0. The summed E-state index contributed by atoms with van der Waals surface area (Å²) < 4.78 is 182. The maximum atomic E-state index is 14.4. The Bertz CT molecular complexity index is 3350. The molecular formula is C65H80F9N9O7. The topological polar surface area (TPSA) is 144 Å². The Labute approximate surface area is 525 Å². The van der Waals surface area contributed by atoms with Crippen LogP contribution in [0, 0.1) is 40.6 Å². The van der Waals surface area contributed by atoms with Crippen LogP contribution in [0.3, 0.4) is 0 Å². The molecule has 3 N–H and O–H groups in total. The van der Waals surface area contributed by atoms with Crippen molar-refractivity contribution in [2.75, 3.05) is 105 Å². The second-order valence-electron chi connectivity index (χ2n) is 25.6. The summed E-state index contributed by atoms with van der Waals surface area (Å²) in [5, 5.41) is 9.90. The Kier molecular flexibility index (Phi) is 17.3. The highest BCUT2D eigenvalue weighted by molar-refractivity contribution is 5.77. The van der Waals surface area contributed by atoms with Gasteiger partial charge in [0.05, 0.1) is 78.5 Å². The first-order valence-corrected chi connectivity index (χ1v) is 30.7. The number of ether oxygens (including phenoxy) is 4. The molecular weight excluding hydrogens is 1190 g/mol. The van der Waals surface area contributed by atoms with Crippen molar-refractivity contribution in [3.8, 4) is 5.75 Å². The summed E-state index contributed by atoms with van der Waals surface area (Å²) in [6.07, 6.45) is -7.26. The predicted molar refractivity (Wildman–Crippen MR) is 315 cm³/mol. The van der Waals surface area contributed by atoms with Crippen molar-refractivity contribution in [2.45, 2.75) is 113 Å². The van der Waals surface area contributed by atoms with Crippen molar-refractivity contribution >= 4 is 18.1 Å². The first-order chi connectivity index (χ1) is 44.9. The predicted octanol–water partition coefficient (Wildman–Crippen LogP) is 9.60. The first kappa shape index (κ1) is 58.2. The molecule has 3 aromatic rings. The van der Waals surface area contributed by atoms with E-state index in [-0.39, 0.29) is 103 Å². The average molecular weight is 1280 g/mol. The van der Waals surface area contributed by atoms with Crippen LogP contribution in [-0.4, -0.2) is 189 Å². The summed E-state index contributed by atoms with van der Waals surface area (Å²) in [5.41, 5.74) is -0.389. The van der Waals surface area contributed by atoms with Gasteiger partial charge in [-0.05, 0) is 118 Å². The zero-order valence-electron chi connectivity index (χ0n) is 54.9. The van der Waals surface area contributed by atoms with Crippen molar-refractivity contribution in [1.29, 1.82) is 0 Å². The minimum atomic E-state index is -4.81. The van der Waals surface area contributed by atoms with Crippen LogP contribution in [0.15, 0.2) is 91.4 Å². The van der Waals surface area contributed by atoms with Crippen molar-refractivity contribution in [3.63, 3.8) is 0 Å². The Morgan fingerprint density at radius 2 is 1.00 bits per heavy atom. The van der Waals surface area contributed by atoms with E-state index in [0.717, 1.165) is 92.3 Å². The fourth-order valence-corrected chi connectivity index (χ4v) is 14.4. The third kappa shape index (κ3) is 14.6. The van der Waals surface area contributed by atoms with E-state index in [0.29, 0.717) is 97.0 Å². The molecule has 9 heterocycles. The quantitative estimate of drug-likeness (QED) is 0.177. The SMILES string of the molecule is C=C1CO[C@H]2CCN([11C](=O)N3CC(CCc4c(F)cccc4C(F)(F)F)C3)C[C@H]2N1.[3H]C([3H])([3H])Oc1cccc(F)c1CC1CC2(C1)CN(C(=O)N1CC[C@@H]3OCC(=C)N[C@@H]3C1)C2.[3H]C(c1c(F)cccc1C(F)(F)F)C([3H])C1CN(C(=O)N2CC[C@@H]3OCC(=C)N[C@@H]3C2)C1. The standard InChI is InChI=1S/C23H30FN3O3.2C21H25F4N3O2/c1-15-12-30-21-6-7-26(11-19(21)25-15)22(28)27-13-23(14-27)9-16(10-23)8-17-18(24)4-3-5-20(17)29-2;2*1-13-12-30-19-7-8-27(11-18(19)26-13)20(29)28-9-14(10-28)5-6-15-16(21(23,24)25)3-2-4-17(15)22/h3-5,16,19,21,25H,1,6-14H2,2H3;2*2-4,14,18-19,26H,1,5-12H2/t19-,21+;2*18-,19+/m111/s1/i2T3;5T,6T;20-1/tm;5?,6?,18-,19+;m. The molecule has 6 amide bonds. The number of halogens is 9. The summed E-state index contributed by atoms with van der Waals surface area (Å²) in [6.45, 7) is 19.2. The smallest absolute Gasteiger partial charge is 0.416 e. The molecule has 490 valence electrons. The number of piperidine rings is 3. The number of methoxy groups -OCH3 is 1. The van der Waals surface area contributed by atoms with E-state index in [9.17, 15) is 53.9 Å². The zero-order chi connectivity index (χ0) is 68.1. The first-order valence-electron chi connectivity index (χ1n) is 33.3. The van der Waals surface area contributed by atoms with Crippen LogP contribution in [0.4, 0.5) is 53.9 Å². The maximum Gasteiger partial charge on any atom is 0.416 e. The van der Waals surface area contributed by atoms with Crippen LogP contribution >= 0.6 is 0 Å². The number of amides is 6. The number of urea groups is 3. The van der Waals surface area contributed by atoms with Crippen molar-refractivity contribution in [3.05, 3.63) is 137 Å². The van der Waals surface area contributed by atoms with Gasteiger partial charge in [0.25, 0.3) is 0 Å². The molecule has 1 spiro atoms. The second-order valence-corrected chi connectivity index (χ2v) is 25.6. The summed E-state index contributed by atoms with van der Waals surface area (Å²) in [4.78, 5) is 49.1. The van der Waals surface area contributed by atoms with Crippen LogP contribution < -0.4 is 20.7 Å². The van der Waals surface area contributed by atoms with Gasteiger partial charge in [-0.2, -0.15) is 26.3 Å². The van der Waals surface area contributed by atoms with Gasteiger partial charge >= 0.3 is 30.4 Å². The van der Waals surface area contributed by atoms with Gasteiger partial charge in [-0.15, -0.1) is 0 Å². The Balaban J connectivity index is 0.000000145. The molecule has 90 heavy (non-hydrogen) atoms. The second kappa shape index (κ2) is 26.8. The van der Waals surface area contributed by atoms with E-state index in [1.165, 1.54) is 23.1 Å². The van der Waals surface area contributed by atoms with Crippen molar-refractivity contribution < 1.29 is 79.7 Å². The number of nitrogens with one attached hydrogen (secondary N) is 3. The fraction of sp³-hybridized carbons (Fsp3) is 0.585. The van der Waals surface area contributed by atoms with E-state index < -0.39 is 72.2 Å². The van der Waals surface area contributed by atoms with E-state index >= 15 is 0 Å². The maximum absolute atomic E-state index is 14.4. The molecule has 25 heteroatoms. The number of likely N-dealkylation sites (tertiary alicyclic amines) is 6. The van der Waals surface area contributed by atoms with E-state index in [4.69, 9.17) is 25.8 Å². The number of carbonyl (C=O) groups is 3. The molecule has 10 aliphatic rings. The minimum Gasteiger partial charge on any atom is -0.496 e. The van der Waals surface area contributed by atoms with E-state index in [1.54, 1.807) is 14.7 Å². The molecule has 1 aliphatic carbocycles. The monoisotopic (exact) mass is 1280 g/mol. The van der Waals surface area contributed by atoms with Gasteiger partial charge < -0.3 is 64.3 Å². The van der Waals surface area contributed by atoms with Crippen molar-refractivity contribution in [1.82, 2.24) is 45.3 Å². The van der Waals surface area contributed by atoms with Gasteiger partial charge in [0.15, 0.2) is 0 Å². The van der Waals surface area contributed by atoms with Crippen LogP contribution in [0.5, 0.6) is 5.75 Å². The molecule has 0 bridgehead atoms. The molecule has 2 unspecified atom stereocenters. The highest BCUT2D eigenvalue weighted by Crippen LogP contribution is 2.54. The molecule has 10 fully saturated rings. The summed E-state index contributed by atoms with van der Waals surface area (Å²) in [5.74, 6) is -2.50. The molecule has 13 rings (SSSR count). The lowest BCUT2D eigenvalue weighted by Crippen LogP contribution is -2.68. The molecule has 9 aliphatic heterocycles. The average Bonchev–Trinajstić information content (AvgIpc) is 0.733. The van der Waals surface area contributed by atoms with Gasteiger partial charge in [0.2, 0.25) is 0 Å². The van der Waals surface area contributed by atoms with Crippen LogP contribution in [0.25, 0.3) is 0 Å². The van der Waals surface area contributed by atoms with Crippen LogP contribution in [0.2, 0.25) is 0 Å². The molecule has 8 atom stereocenters. The van der Waals surface area contributed by atoms with Crippen LogP contribution in [0.1, 0.15) is 79.6 Å². The van der Waals surface area contributed by atoms with E-state index in [1.807, 2.05) is 9.80 Å². The highest BCUT2D eigenvalue weighted by atomic mass is 19.4. The molecule has 3 aromatic carbocycles. The number of hydrogen-bond acceptors (Lipinski definition) is 10. The third-order valence-corrected chi connectivity index (χ3v) is 19.0. The fourth-order valence-electron chi connectivity index (χ4n) is 14.4. The number of carbonyl (C=O) groups excluding carboxylic acids is 3. The summed E-state index contributed by atoms with van der Waals surface area (Å²) in [7, 11) is -2.61. The van der Waals surface area contributed by atoms with Crippen molar-refractivity contribution in [2.24, 2.45) is 23.2 Å². The normalized spacial score (nSPS) is 27.5. The Hall–Kier alpha value is -6.86. The molecule has 16 nitrogen and oxygen atoms in total.